The summed E-state index contributed by atoms with van der Waals surface area (Å²) in [5.41, 5.74) is 0. The van der Waals surface area contributed by atoms with Crippen molar-refractivity contribution in [1.82, 2.24) is 24.7 Å². The maximum Gasteiger partial charge on any atom is 0.277 e. The molecule has 0 unspecified atom stereocenters. The minimum Gasteiger partial charge on any atom is -0.350 e. The van der Waals surface area contributed by atoms with Crippen molar-refractivity contribution in [2.45, 2.75) is 51.7 Å². The molecule has 2 atom stereocenters. The number of piperidine rings is 1. The molecule has 1 saturated heterocycles. The zero-order valence-corrected chi connectivity index (χ0v) is 15.6. The Morgan fingerprint density at radius 1 is 1.24 bits per heavy atom. The van der Waals surface area contributed by atoms with Gasteiger partial charge < -0.3 is 10.2 Å². The lowest BCUT2D eigenvalue weighted by Crippen LogP contribution is -2.54. The van der Waals surface area contributed by atoms with Gasteiger partial charge in [-0.25, -0.2) is 9.97 Å². The summed E-state index contributed by atoms with van der Waals surface area (Å²) in [6.45, 7) is 6.38. The Kier molecular flexibility index (Phi) is 6.68. The van der Waals surface area contributed by atoms with E-state index in [1.807, 2.05) is 4.90 Å². The first kappa shape index (κ1) is 19.5. The Labute approximate surface area is 148 Å². The van der Waals surface area contributed by atoms with Gasteiger partial charge in [0, 0.05) is 37.6 Å². The summed E-state index contributed by atoms with van der Waals surface area (Å²) in [5, 5.41) is 2.90. The number of aromatic nitrogens is 2. The third-order valence-electron chi connectivity index (χ3n) is 3.72. The fraction of sp³-hybridized carbons (Fsp3) is 0.667. The molecule has 0 aliphatic carbocycles. The monoisotopic (exact) mass is 370 g/mol. The second-order valence-electron chi connectivity index (χ2n) is 6.46. The fourth-order valence-corrected chi connectivity index (χ4v) is 3.95. The smallest absolute Gasteiger partial charge is 0.277 e. The number of carbonyl (C=O) groups excluding carboxylic acids is 1. The number of rotatable bonds is 7. The molecule has 0 radical (unpaired) electrons. The van der Waals surface area contributed by atoms with Gasteiger partial charge in [0.15, 0.2) is 0 Å². The Bertz CT molecular complexity index is 667. The summed E-state index contributed by atoms with van der Waals surface area (Å²) in [6, 6.07) is 0.575. The highest BCUT2D eigenvalue weighted by Crippen LogP contribution is 2.15. The molecule has 1 aromatic rings. The number of nitrogens with one attached hydrogen (secondary N) is 3. The molecule has 0 saturated carbocycles. The van der Waals surface area contributed by atoms with Crippen molar-refractivity contribution in [3.8, 4) is 0 Å². The Balaban J connectivity index is 1.89. The Morgan fingerprint density at radius 3 is 2.56 bits per heavy atom. The lowest BCUT2D eigenvalue weighted by Gasteiger charge is -2.33. The number of hydrogen-bond acceptors (Lipinski definition) is 6. The largest absolute Gasteiger partial charge is 0.350 e. The topological polar surface area (TPSA) is 116 Å². The van der Waals surface area contributed by atoms with Gasteiger partial charge in [-0.05, 0) is 39.7 Å². The predicted octanol–water partition coefficient (Wildman–Crippen LogP) is -0.217. The number of carbonyl (C=O) groups is 1. The highest BCUT2D eigenvalue weighted by atomic mass is 32.2. The molecule has 0 aromatic carbocycles. The lowest BCUT2D eigenvalue weighted by molar-refractivity contribution is -0.123. The average Bonchev–Trinajstić information content (AvgIpc) is 2.54. The molecule has 0 bridgehead atoms. The highest BCUT2D eigenvalue weighted by molar-refractivity contribution is 7.87. The molecule has 1 aromatic heterocycles. The van der Waals surface area contributed by atoms with Crippen molar-refractivity contribution in [3.63, 3.8) is 0 Å². The Morgan fingerprint density at radius 2 is 1.92 bits per heavy atom. The van der Waals surface area contributed by atoms with Gasteiger partial charge in [-0.15, -0.1) is 0 Å². The highest BCUT2D eigenvalue weighted by Gasteiger charge is 2.26. The van der Waals surface area contributed by atoms with Crippen LogP contribution in [0.25, 0.3) is 0 Å². The summed E-state index contributed by atoms with van der Waals surface area (Å²) in [5.74, 6) is 0.284. The molecule has 10 heteroatoms. The molecular weight excluding hydrogens is 344 g/mol. The van der Waals surface area contributed by atoms with Gasteiger partial charge in [0.05, 0.1) is 6.04 Å². The molecular formula is C15H26N6O3S. The van der Waals surface area contributed by atoms with Crippen molar-refractivity contribution >= 4 is 22.1 Å². The number of anilines is 1. The molecule has 1 aliphatic heterocycles. The van der Waals surface area contributed by atoms with Crippen LogP contribution in [-0.2, 0) is 15.0 Å². The molecule has 3 N–H and O–H groups in total. The molecule has 0 spiro atoms. The maximum atomic E-state index is 12.3. The van der Waals surface area contributed by atoms with Crippen LogP contribution >= 0.6 is 0 Å². The van der Waals surface area contributed by atoms with Crippen LogP contribution in [0.4, 0.5) is 5.95 Å². The second-order valence-corrected chi connectivity index (χ2v) is 7.94. The third kappa shape index (κ3) is 6.22. The maximum absolute atomic E-state index is 12.3. The van der Waals surface area contributed by atoms with E-state index in [2.05, 4.69) is 24.7 Å². The molecule has 2 heterocycles. The first-order valence-corrected chi connectivity index (χ1v) is 9.87. The molecule has 1 fully saturated rings. The van der Waals surface area contributed by atoms with Gasteiger partial charge in [0.1, 0.15) is 0 Å². The van der Waals surface area contributed by atoms with Gasteiger partial charge in [0.2, 0.25) is 11.9 Å². The van der Waals surface area contributed by atoms with Gasteiger partial charge in [-0.1, -0.05) is 0 Å². The van der Waals surface area contributed by atoms with E-state index >= 15 is 0 Å². The number of amides is 1. The van der Waals surface area contributed by atoms with Gasteiger partial charge >= 0.3 is 0 Å². The first-order valence-electron chi connectivity index (χ1n) is 8.39. The van der Waals surface area contributed by atoms with Gasteiger partial charge in [0.25, 0.3) is 10.2 Å². The quantitative estimate of drug-likeness (QED) is 0.611. The van der Waals surface area contributed by atoms with E-state index in [1.54, 1.807) is 32.3 Å². The molecule has 9 nitrogen and oxygen atoms in total. The standard InChI is InChI=1S/C15H26N6O3S/c1-11(2)19-25(23,24)20-12(3)14(22)18-13-6-4-9-21(10-13)15-16-7-5-8-17-15/h5,7-8,11-13,19-20H,4,6,9-10H2,1-3H3,(H,18,22)/t12-,13+/m1/s1. The van der Waals surface area contributed by atoms with Crippen LogP contribution in [0.3, 0.4) is 0 Å². The van der Waals surface area contributed by atoms with Gasteiger partial charge in [-0.3, -0.25) is 4.79 Å². The number of hydrogen-bond donors (Lipinski definition) is 3. The minimum atomic E-state index is -3.71. The van der Waals surface area contributed by atoms with E-state index in [0.717, 1.165) is 19.4 Å². The van der Waals surface area contributed by atoms with Crippen LogP contribution < -0.4 is 19.7 Å². The number of nitrogens with zero attached hydrogens (tertiary/aromatic N) is 3. The van der Waals surface area contributed by atoms with Crippen molar-refractivity contribution in [2.24, 2.45) is 0 Å². The van der Waals surface area contributed by atoms with E-state index in [1.165, 1.54) is 6.92 Å². The summed E-state index contributed by atoms with van der Waals surface area (Å²) in [4.78, 5) is 22.8. The zero-order chi connectivity index (χ0) is 18.4. The minimum absolute atomic E-state index is 0.0740. The van der Waals surface area contributed by atoms with Gasteiger partial charge in [-0.2, -0.15) is 17.9 Å². The van der Waals surface area contributed by atoms with Crippen molar-refractivity contribution < 1.29 is 13.2 Å². The Hall–Kier alpha value is -1.78. The molecule has 1 amide bonds. The van der Waals surface area contributed by atoms with Crippen molar-refractivity contribution in [3.05, 3.63) is 18.5 Å². The van der Waals surface area contributed by atoms with Crippen LogP contribution in [0.2, 0.25) is 0 Å². The molecule has 25 heavy (non-hydrogen) atoms. The van der Waals surface area contributed by atoms with E-state index in [-0.39, 0.29) is 18.0 Å². The third-order valence-corrected chi connectivity index (χ3v) is 5.16. The summed E-state index contributed by atoms with van der Waals surface area (Å²) >= 11 is 0. The van der Waals surface area contributed by atoms with Crippen molar-refractivity contribution in [2.75, 3.05) is 18.0 Å². The van der Waals surface area contributed by atoms with Crippen LogP contribution in [0, 0.1) is 0 Å². The molecule has 2 rings (SSSR count). The summed E-state index contributed by atoms with van der Waals surface area (Å²) in [7, 11) is -3.71. The van der Waals surface area contributed by atoms with E-state index in [0.29, 0.717) is 12.5 Å². The zero-order valence-electron chi connectivity index (χ0n) is 14.8. The van der Waals surface area contributed by atoms with Crippen molar-refractivity contribution in [1.29, 1.82) is 0 Å². The lowest BCUT2D eigenvalue weighted by atomic mass is 10.1. The van der Waals surface area contributed by atoms with Crippen LogP contribution in [0.15, 0.2) is 18.5 Å². The predicted molar refractivity (Wildman–Crippen MR) is 95.2 cm³/mol. The molecule has 1 aliphatic rings. The first-order chi connectivity index (χ1) is 11.8. The normalized spacial score (nSPS) is 19.7. The summed E-state index contributed by atoms with van der Waals surface area (Å²) < 4.78 is 28.4. The van der Waals surface area contributed by atoms with Crippen LogP contribution in [0.5, 0.6) is 0 Å². The second kappa shape index (κ2) is 8.54. The average molecular weight is 370 g/mol. The summed E-state index contributed by atoms with van der Waals surface area (Å²) in [6.07, 6.45) is 5.10. The fourth-order valence-electron chi connectivity index (χ4n) is 2.69. The van der Waals surface area contributed by atoms with Crippen LogP contribution in [0.1, 0.15) is 33.6 Å². The van der Waals surface area contributed by atoms with E-state index in [4.69, 9.17) is 0 Å². The SMILES string of the molecule is CC(C)NS(=O)(=O)N[C@H](C)C(=O)N[C@H]1CCCN(c2ncccn2)C1. The van der Waals surface area contributed by atoms with E-state index in [9.17, 15) is 13.2 Å². The van der Waals surface area contributed by atoms with Crippen LogP contribution in [-0.4, -0.2) is 55.5 Å². The molecule has 140 valence electrons. The van der Waals surface area contributed by atoms with E-state index < -0.39 is 16.3 Å².